The maximum absolute atomic E-state index is 13.2. The van der Waals surface area contributed by atoms with Gasteiger partial charge in [-0.25, -0.2) is 14.4 Å². The molecule has 22 nitrogen and oxygen atoms in total. The van der Waals surface area contributed by atoms with Crippen molar-refractivity contribution in [3.63, 3.8) is 0 Å². The second-order valence-corrected chi connectivity index (χ2v) is 14.1. The number of carboxylic acids is 4. The number of aliphatic carboxylic acids is 4. The van der Waals surface area contributed by atoms with Crippen LogP contribution < -0.4 is 31.9 Å². The molecule has 3 atom stereocenters. The minimum atomic E-state index is -1.54. The highest BCUT2D eigenvalue weighted by atomic mass is 16.5. The maximum Gasteiger partial charge on any atom is 0.326 e. The Morgan fingerprint density at radius 1 is 0.559 bits per heavy atom. The van der Waals surface area contributed by atoms with Gasteiger partial charge in [0.2, 0.25) is 23.6 Å². The normalized spacial score (nSPS) is 16.4. The fraction of sp³-hybridized carbons (Fsp3) is 0.757. The van der Waals surface area contributed by atoms with Crippen LogP contribution in [0, 0.1) is 11.8 Å². The minimum Gasteiger partial charge on any atom is -0.481 e. The zero-order valence-corrected chi connectivity index (χ0v) is 33.6. The molecule has 1 aliphatic carbocycles. The van der Waals surface area contributed by atoms with E-state index in [9.17, 15) is 53.4 Å². The Morgan fingerprint density at radius 2 is 1.12 bits per heavy atom. The number of nitrogens with one attached hydrogen (secondary N) is 6. The van der Waals surface area contributed by atoms with Gasteiger partial charge in [-0.3, -0.25) is 28.8 Å². The van der Waals surface area contributed by atoms with Gasteiger partial charge in [-0.2, -0.15) is 0 Å². The van der Waals surface area contributed by atoms with E-state index in [0.29, 0.717) is 71.8 Å². The van der Waals surface area contributed by atoms with Crippen molar-refractivity contribution in [2.24, 2.45) is 11.8 Å². The molecular formula is C37H62N6O16. The first-order valence-electron chi connectivity index (χ1n) is 19.9. The Kier molecular flexibility index (Phi) is 27.2. The van der Waals surface area contributed by atoms with Crippen molar-refractivity contribution in [3.05, 3.63) is 0 Å². The molecule has 336 valence electrons. The van der Waals surface area contributed by atoms with Gasteiger partial charge in [-0.1, -0.05) is 0 Å². The molecule has 22 heteroatoms. The molecule has 59 heavy (non-hydrogen) atoms. The van der Waals surface area contributed by atoms with E-state index in [0.717, 1.165) is 0 Å². The van der Waals surface area contributed by atoms with Crippen LogP contribution in [0.1, 0.15) is 90.4 Å². The summed E-state index contributed by atoms with van der Waals surface area (Å²) in [7, 11) is 0. The predicted molar refractivity (Wildman–Crippen MR) is 206 cm³/mol. The Labute approximate surface area is 342 Å². The lowest BCUT2D eigenvalue weighted by Gasteiger charge is -2.29. The molecule has 0 aliphatic heterocycles. The number of carbonyl (C=O) groups excluding carboxylic acids is 5. The maximum atomic E-state index is 13.2. The van der Waals surface area contributed by atoms with Crippen molar-refractivity contribution in [1.29, 1.82) is 0 Å². The lowest BCUT2D eigenvalue weighted by Crippen LogP contribution is -2.51. The summed E-state index contributed by atoms with van der Waals surface area (Å²) in [6.07, 6.45) is 2.08. The largest absolute Gasteiger partial charge is 0.481 e. The summed E-state index contributed by atoms with van der Waals surface area (Å²) in [5, 5.41) is 51.7. The van der Waals surface area contributed by atoms with Crippen LogP contribution in [0.15, 0.2) is 0 Å². The molecule has 1 saturated carbocycles. The van der Waals surface area contributed by atoms with Gasteiger partial charge >= 0.3 is 29.9 Å². The van der Waals surface area contributed by atoms with Crippen LogP contribution in [0.5, 0.6) is 0 Å². The van der Waals surface area contributed by atoms with E-state index in [1.807, 2.05) is 5.32 Å². The number of rotatable bonds is 33. The Morgan fingerprint density at radius 3 is 1.69 bits per heavy atom. The monoisotopic (exact) mass is 846 g/mol. The highest BCUT2D eigenvalue weighted by molar-refractivity contribution is 5.89. The molecule has 0 unspecified atom stereocenters. The average Bonchev–Trinajstić information content (AvgIpc) is 3.17. The number of amides is 6. The smallest absolute Gasteiger partial charge is 0.326 e. The second-order valence-electron chi connectivity index (χ2n) is 14.1. The van der Waals surface area contributed by atoms with Crippen LogP contribution in [0.4, 0.5) is 4.79 Å². The summed E-state index contributed by atoms with van der Waals surface area (Å²) < 4.78 is 16.1. The number of hydrogen-bond donors (Lipinski definition) is 10. The van der Waals surface area contributed by atoms with E-state index in [1.165, 1.54) is 6.92 Å². The number of urea groups is 1. The fourth-order valence-electron chi connectivity index (χ4n) is 5.95. The van der Waals surface area contributed by atoms with Gasteiger partial charge in [0.05, 0.1) is 39.6 Å². The summed E-state index contributed by atoms with van der Waals surface area (Å²) in [6.45, 7) is 4.47. The van der Waals surface area contributed by atoms with E-state index < -0.39 is 66.8 Å². The molecule has 0 aromatic heterocycles. The van der Waals surface area contributed by atoms with Gasteiger partial charge in [0.1, 0.15) is 18.1 Å². The quantitative estimate of drug-likeness (QED) is 0.0375. The first kappa shape index (κ1) is 51.9. The topological polar surface area (TPSA) is 334 Å². The average molecular weight is 847 g/mol. The Bertz CT molecular complexity index is 1360. The van der Waals surface area contributed by atoms with Gasteiger partial charge in [0.25, 0.3) is 0 Å². The predicted octanol–water partition coefficient (Wildman–Crippen LogP) is -0.418. The van der Waals surface area contributed by atoms with Gasteiger partial charge in [-0.15, -0.1) is 0 Å². The summed E-state index contributed by atoms with van der Waals surface area (Å²) in [4.78, 5) is 106. The lowest BCUT2D eigenvalue weighted by atomic mass is 9.81. The van der Waals surface area contributed by atoms with Crippen LogP contribution >= 0.6 is 0 Å². The molecule has 0 bridgehead atoms. The zero-order chi connectivity index (χ0) is 44.0. The number of hydrogen-bond acceptors (Lipinski definition) is 12. The summed E-state index contributed by atoms with van der Waals surface area (Å²) in [5.41, 5.74) is 0. The van der Waals surface area contributed by atoms with E-state index in [2.05, 4.69) is 26.6 Å². The molecule has 1 fully saturated rings. The lowest BCUT2D eigenvalue weighted by molar-refractivity contribution is -0.141. The molecular weight excluding hydrogens is 784 g/mol. The molecule has 0 spiro atoms. The summed E-state index contributed by atoms with van der Waals surface area (Å²) in [6, 6.07) is -5.05. The summed E-state index contributed by atoms with van der Waals surface area (Å²) in [5.74, 6) is -6.54. The molecule has 0 aromatic rings. The van der Waals surface area contributed by atoms with E-state index in [4.69, 9.17) is 24.4 Å². The first-order chi connectivity index (χ1) is 28.1. The molecule has 10 N–H and O–H groups in total. The van der Waals surface area contributed by atoms with E-state index >= 15 is 0 Å². The molecule has 1 rings (SSSR count). The number of unbranched alkanes of at least 4 members (excludes halogenated alkanes) is 1. The van der Waals surface area contributed by atoms with Crippen LogP contribution in [0.2, 0.25) is 0 Å². The van der Waals surface area contributed by atoms with Crippen LogP contribution in [0.3, 0.4) is 0 Å². The van der Waals surface area contributed by atoms with Crippen LogP contribution in [-0.2, 0) is 52.6 Å². The SMILES string of the molecule is CC(=O)NCCOCCOCCOCCC(=O)NCC1CCC(C(=O)N[C@@H](CCCC(=O)O)C(=O)NCCCC[C@H](NC(=O)N[C@@H](CCC(=O)O)C(=O)O)C(=O)O)CC1. The number of ether oxygens (including phenoxy) is 3. The highest BCUT2D eigenvalue weighted by Gasteiger charge is 2.30. The van der Waals surface area contributed by atoms with E-state index in [1.54, 1.807) is 0 Å². The molecule has 6 amide bonds. The van der Waals surface area contributed by atoms with Gasteiger partial charge in [0.15, 0.2) is 0 Å². The van der Waals surface area contributed by atoms with E-state index in [-0.39, 0.29) is 87.7 Å². The standard InChI is InChI=1S/C37H62N6O16/c1-24(44)38-16-18-58-20-22-59-21-19-57-17-14-30(45)40-23-25-8-10-26(11-9-25)33(50)41-27(6-4-7-31(46)47)34(51)39-15-3-2-5-28(35(52)53)42-37(56)43-29(36(54)55)12-13-32(48)49/h25-29H,2-23H2,1H3,(H,38,44)(H,39,51)(H,40,45)(H,41,50)(H,46,47)(H,48,49)(H,52,53)(H,54,55)(H2,42,43,56)/t25?,26?,27-,28-,29-/m0/s1. The van der Waals surface area contributed by atoms with Crippen molar-refractivity contribution >= 4 is 53.5 Å². The van der Waals surface area contributed by atoms with Crippen molar-refractivity contribution in [2.45, 2.75) is 109 Å². The summed E-state index contributed by atoms with van der Waals surface area (Å²) >= 11 is 0. The van der Waals surface area contributed by atoms with Crippen molar-refractivity contribution in [2.75, 3.05) is 59.3 Å². The number of carboxylic acid groups (broad SMARTS) is 4. The van der Waals surface area contributed by atoms with Gasteiger partial charge in [-0.05, 0) is 70.1 Å². The van der Waals surface area contributed by atoms with Gasteiger partial charge < -0.3 is 66.5 Å². The minimum absolute atomic E-state index is 0.0724. The third-order valence-electron chi connectivity index (χ3n) is 9.23. The molecule has 0 aromatic carbocycles. The third kappa shape index (κ3) is 26.5. The third-order valence-corrected chi connectivity index (χ3v) is 9.23. The first-order valence-corrected chi connectivity index (χ1v) is 19.9. The number of carbonyl (C=O) groups is 9. The van der Waals surface area contributed by atoms with Gasteiger partial charge in [0, 0.05) is 51.7 Å². The Hall–Kier alpha value is -5.09. The molecule has 0 radical (unpaired) electrons. The fourth-order valence-corrected chi connectivity index (χ4v) is 5.95. The van der Waals surface area contributed by atoms with Crippen molar-refractivity contribution in [3.8, 4) is 0 Å². The molecule has 0 heterocycles. The molecule has 0 saturated heterocycles. The van der Waals surface area contributed by atoms with Crippen LogP contribution in [0.25, 0.3) is 0 Å². The van der Waals surface area contributed by atoms with Crippen LogP contribution in [-0.4, -0.2) is 151 Å². The van der Waals surface area contributed by atoms with Crippen molar-refractivity contribution < 1.29 is 77.8 Å². The van der Waals surface area contributed by atoms with Crippen molar-refractivity contribution in [1.82, 2.24) is 31.9 Å². The molecule has 1 aliphatic rings. The highest BCUT2D eigenvalue weighted by Crippen LogP contribution is 2.28. The second kappa shape index (κ2) is 30.9. The zero-order valence-electron chi connectivity index (χ0n) is 33.6. The Balaban J connectivity index is 2.40.